The Balaban J connectivity index is 1.94. The van der Waals surface area contributed by atoms with Crippen molar-refractivity contribution >= 4 is 5.91 Å². The van der Waals surface area contributed by atoms with E-state index in [4.69, 9.17) is 5.73 Å². The molecule has 1 saturated carbocycles. The fourth-order valence-electron chi connectivity index (χ4n) is 2.66. The molecule has 1 aliphatic rings. The molecule has 1 amide bonds. The van der Waals surface area contributed by atoms with Crippen molar-refractivity contribution in [3.63, 3.8) is 0 Å². The lowest BCUT2D eigenvalue weighted by atomic mass is 9.85. The number of nitrogens with one attached hydrogen (secondary N) is 1. The highest BCUT2D eigenvalue weighted by Crippen LogP contribution is 2.24. The third-order valence-electron chi connectivity index (χ3n) is 3.79. The van der Waals surface area contributed by atoms with Gasteiger partial charge in [0, 0.05) is 12.0 Å². The molecule has 1 aliphatic carbocycles. The molecule has 2 rings (SSSR count). The van der Waals surface area contributed by atoms with Crippen LogP contribution in [-0.4, -0.2) is 11.9 Å². The minimum absolute atomic E-state index is 0.000223. The van der Waals surface area contributed by atoms with Crippen molar-refractivity contribution in [2.75, 3.05) is 0 Å². The maximum absolute atomic E-state index is 13.1. The predicted molar refractivity (Wildman–Crippen MR) is 72.9 cm³/mol. The lowest BCUT2D eigenvalue weighted by Crippen LogP contribution is -2.38. The Morgan fingerprint density at radius 1 is 1.47 bits per heavy atom. The van der Waals surface area contributed by atoms with Crippen molar-refractivity contribution in [3.8, 4) is 0 Å². The standard InChI is InChI=1S/C15H21FN2O/c1-10(11-4-2-6-13(16)8-11)18-15(19)12-5-3-7-14(17)9-12/h2,4,6,8,10,12,14H,3,5,7,9,17H2,1H3,(H,18,19)/t10-,12?,14?/m1/s1. The first-order valence-corrected chi connectivity index (χ1v) is 6.87. The summed E-state index contributed by atoms with van der Waals surface area (Å²) in [6.07, 6.45) is 3.66. The van der Waals surface area contributed by atoms with E-state index in [2.05, 4.69) is 5.32 Å². The molecule has 0 aliphatic heterocycles. The Bertz CT molecular complexity index is 450. The van der Waals surface area contributed by atoms with Crippen LogP contribution in [0.4, 0.5) is 4.39 Å². The van der Waals surface area contributed by atoms with Crippen LogP contribution in [0.25, 0.3) is 0 Å². The van der Waals surface area contributed by atoms with Gasteiger partial charge >= 0.3 is 0 Å². The van der Waals surface area contributed by atoms with Gasteiger partial charge in [0.1, 0.15) is 5.82 Å². The molecule has 0 bridgehead atoms. The predicted octanol–water partition coefficient (Wildman–Crippen LogP) is 2.52. The number of benzene rings is 1. The molecule has 4 heteroatoms. The van der Waals surface area contributed by atoms with Gasteiger partial charge in [-0.2, -0.15) is 0 Å². The molecule has 0 radical (unpaired) electrons. The van der Waals surface area contributed by atoms with Crippen molar-refractivity contribution < 1.29 is 9.18 Å². The van der Waals surface area contributed by atoms with Crippen molar-refractivity contribution in [3.05, 3.63) is 35.6 Å². The highest BCUT2D eigenvalue weighted by Gasteiger charge is 2.26. The maximum Gasteiger partial charge on any atom is 0.223 e. The summed E-state index contributed by atoms with van der Waals surface area (Å²) in [5, 5.41) is 2.95. The minimum atomic E-state index is -0.279. The first-order chi connectivity index (χ1) is 9.06. The summed E-state index contributed by atoms with van der Waals surface area (Å²) < 4.78 is 13.1. The first-order valence-electron chi connectivity index (χ1n) is 6.87. The Labute approximate surface area is 113 Å². The molecule has 3 N–H and O–H groups in total. The third-order valence-corrected chi connectivity index (χ3v) is 3.79. The van der Waals surface area contributed by atoms with Crippen molar-refractivity contribution in [2.24, 2.45) is 11.7 Å². The van der Waals surface area contributed by atoms with Crippen LogP contribution in [0.1, 0.15) is 44.2 Å². The molecule has 0 spiro atoms. The summed E-state index contributed by atoms with van der Waals surface area (Å²) >= 11 is 0. The second kappa shape index (κ2) is 6.15. The fourth-order valence-corrected chi connectivity index (χ4v) is 2.66. The van der Waals surface area contributed by atoms with E-state index in [0.717, 1.165) is 31.2 Å². The highest BCUT2D eigenvalue weighted by atomic mass is 19.1. The normalized spacial score (nSPS) is 24.8. The van der Waals surface area contributed by atoms with Crippen LogP contribution in [0.15, 0.2) is 24.3 Å². The molecule has 2 unspecified atom stereocenters. The zero-order valence-corrected chi connectivity index (χ0v) is 11.2. The summed E-state index contributed by atoms with van der Waals surface area (Å²) in [6, 6.07) is 6.29. The second-order valence-electron chi connectivity index (χ2n) is 5.41. The van der Waals surface area contributed by atoms with Gasteiger partial charge in [0.05, 0.1) is 6.04 Å². The van der Waals surface area contributed by atoms with E-state index >= 15 is 0 Å². The molecule has 3 nitrogen and oxygen atoms in total. The van der Waals surface area contributed by atoms with Crippen LogP contribution >= 0.6 is 0 Å². The topological polar surface area (TPSA) is 55.1 Å². The van der Waals surface area contributed by atoms with Gasteiger partial charge in [-0.1, -0.05) is 18.6 Å². The Morgan fingerprint density at radius 2 is 2.26 bits per heavy atom. The van der Waals surface area contributed by atoms with E-state index in [1.54, 1.807) is 6.07 Å². The average molecular weight is 264 g/mol. The van der Waals surface area contributed by atoms with Gasteiger partial charge in [0.15, 0.2) is 0 Å². The molecule has 104 valence electrons. The summed E-state index contributed by atoms with van der Waals surface area (Å²) in [4.78, 5) is 12.2. The SMILES string of the molecule is C[C@@H](NC(=O)C1CCCC(N)C1)c1cccc(F)c1. The number of nitrogens with two attached hydrogens (primary N) is 1. The molecule has 0 heterocycles. The fraction of sp³-hybridized carbons (Fsp3) is 0.533. The van der Waals surface area contributed by atoms with Gasteiger partial charge in [0.25, 0.3) is 0 Å². The monoisotopic (exact) mass is 264 g/mol. The molecule has 1 aromatic rings. The van der Waals surface area contributed by atoms with Crippen LogP contribution in [0.2, 0.25) is 0 Å². The number of amides is 1. The third kappa shape index (κ3) is 3.77. The van der Waals surface area contributed by atoms with E-state index in [1.807, 2.05) is 13.0 Å². The summed E-state index contributed by atoms with van der Waals surface area (Å²) in [6.45, 7) is 1.87. The lowest BCUT2D eigenvalue weighted by Gasteiger charge is -2.27. The Kier molecular flexibility index (Phi) is 4.53. The number of rotatable bonds is 3. The van der Waals surface area contributed by atoms with Crippen LogP contribution in [0.3, 0.4) is 0 Å². The van der Waals surface area contributed by atoms with Crippen molar-refractivity contribution in [1.82, 2.24) is 5.32 Å². The largest absolute Gasteiger partial charge is 0.349 e. The van der Waals surface area contributed by atoms with Crippen LogP contribution < -0.4 is 11.1 Å². The molecule has 0 saturated heterocycles. The average Bonchev–Trinajstić information content (AvgIpc) is 2.38. The van der Waals surface area contributed by atoms with E-state index in [0.29, 0.717) is 0 Å². The number of hydrogen-bond acceptors (Lipinski definition) is 2. The van der Waals surface area contributed by atoms with Crippen LogP contribution in [-0.2, 0) is 4.79 Å². The first kappa shape index (κ1) is 14.0. The van der Waals surface area contributed by atoms with E-state index in [1.165, 1.54) is 12.1 Å². The van der Waals surface area contributed by atoms with Gasteiger partial charge in [-0.25, -0.2) is 4.39 Å². The lowest BCUT2D eigenvalue weighted by molar-refractivity contribution is -0.126. The zero-order chi connectivity index (χ0) is 13.8. The van der Waals surface area contributed by atoms with Gasteiger partial charge in [0.2, 0.25) is 5.91 Å². The quantitative estimate of drug-likeness (QED) is 0.881. The van der Waals surface area contributed by atoms with Gasteiger partial charge < -0.3 is 11.1 Å². The Hall–Kier alpha value is -1.42. The molecular weight excluding hydrogens is 243 g/mol. The number of carbonyl (C=O) groups excluding carboxylic acids is 1. The van der Waals surface area contributed by atoms with E-state index < -0.39 is 0 Å². The van der Waals surface area contributed by atoms with E-state index in [9.17, 15) is 9.18 Å². The zero-order valence-electron chi connectivity index (χ0n) is 11.2. The number of carbonyl (C=O) groups is 1. The van der Waals surface area contributed by atoms with Crippen molar-refractivity contribution in [1.29, 1.82) is 0 Å². The molecule has 0 aromatic heterocycles. The highest BCUT2D eigenvalue weighted by molar-refractivity contribution is 5.79. The number of halogens is 1. The molecule has 19 heavy (non-hydrogen) atoms. The maximum atomic E-state index is 13.1. The molecular formula is C15H21FN2O. The summed E-state index contributed by atoms with van der Waals surface area (Å²) in [7, 11) is 0. The molecule has 3 atom stereocenters. The molecule has 1 fully saturated rings. The summed E-state index contributed by atoms with van der Waals surface area (Å²) in [5.74, 6) is -0.245. The Morgan fingerprint density at radius 3 is 2.95 bits per heavy atom. The van der Waals surface area contributed by atoms with Gasteiger partial charge in [-0.3, -0.25) is 4.79 Å². The van der Waals surface area contributed by atoms with Crippen LogP contribution in [0, 0.1) is 11.7 Å². The second-order valence-corrected chi connectivity index (χ2v) is 5.41. The summed E-state index contributed by atoms with van der Waals surface area (Å²) in [5.41, 5.74) is 6.68. The van der Waals surface area contributed by atoms with Crippen molar-refractivity contribution in [2.45, 2.75) is 44.7 Å². The molecule has 1 aromatic carbocycles. The smallest absolute Gasteiger partial charge is 0.223 e. The van der Waals surface area contributed by atoms with E-state index in [-0.39, 0.29) is 29.7 Å². The van der Waals surface area contributed by atoms with Crippen LogP contribution in [0.5, 0.6) is 0 Å². The number of hydrogen-bond donors (Lipinski definition) is 2. The van der Waals surface area contributed by atoms with Gasteiger partial charge in [-0.05, 0) is 43.9 Å². The minimum Gasteiger partial charge on any atom is -0.349 e. The van der Waals surface area contributed by atoms with Gasteiger partial charge in [-0.15, -0.1) is 0 Å².